The van der Waals surface area contributed by atoms with Gasteiger partial charge in [-0.1, -0.05) is 0 Å². The van der Waals surface area contributed by atoms with Crippen molar-refractivity contribution in [2.75, 3.05) is 39.3 Å². The first-order chi connectivity index (χ1) is 11.8. The molecule has 1 aromatic rings. The zero-order valence-corrected chi connectivity index (χ0v) is 14.1. The molecule has 3 rings (SSSR count). The van der Waals surface area contributed by atoms with Gasteiger partial charge < -0.3 is 9.64 Å². The highest BCUT2D eigenvalue weighted by Crippen LogP contribution is 2.22. The van der Waals surface area contributed by atoms with Crippen molar-refractivity contribution in [2.45, 2.75) is 25.7 Å². The quantitative estimate of drug-likeness (QED) is 0.832. The van der Waals surface area contributed by atoms with Crippen molar-refractivity contribution in [3.63, 3.8) is 0 Å². The minimum absolute atomic E-state index is 0.221. The van der Waals surface area contributed by atoms with Crippen LogP contribution in [0.15, 0.2) is 24.3 Å². The van der Waals surface area contributed by atoms with E-state index in [0.717, 1.165) is 64.2 Å². The number of benzene rings is 1. The SMILES string of the molecule is N#Cc1ccc(OCCN2CCC(C(=O)N3CCCC3)CC2)cc1. The van der Waals surface area contributed by atoms with Crippen molar-refractivity contribution in [2.24, 2.45) is 5.92 Å². The van der Waals surface area contributed by atoms with Gasteiger partial charge in [0.15, 0.2) is 0 Å². The van der Waals surface area contributed by atoms with Crippen molar-refractivity contribution in [3.8, 4) is 11.8 Å². The zero-order valence-electron chi connectivity index (χ0n) is 14.1. The van der Waals surface area contributed by atoms with Crippen LogP contribution in [0, 0.1) is 17.2 Å². The maximum Gasteiger partial charge on any atom is 0.225 e. The Hall–Kier alpha value is -2.06. The van der Waals surface area contributed by atoms with Crippen molar-refractivity contribution in [1.29, 1.82) is 5.26 Å². The Bertz CT molecular complexity index is 580. The predicted molar refractivity (Wildman–Crippen MR) is 91.6 cm³/mol. The molecule has 0 unspecified atom stereocenters. The van der Waals surface area contributed by atoms with Gasteiger partial charge in [-0.25, -0.2) is 0 Å². The Balaban J connectivity index is 1.36. The van der Waals surface area contributed by atoms with E-state index in [4.69, 9.17) is 10.00 Å². The largest absolute Gasteiger partial charge is 0.492 e. The molecule has 0 spiro atoms. The number of amides is 1. The summed E-state index contributed by atoms with van der Waals surface area (Å²) in [6.07, 6.45) is 4.26. The van der Waals surface area contributed by atoms with Gasteiger partial charge in [-0.15, -0.1) is 0 Å². The van der Waals surface area contributed by atoms with Crippen LogP contribution in [0.4, 0.5) is 0 Å². The topological polar surface area (TPSA) is 56.6 Å². The van der Waals surface area contributed by atoms with Crippen molar-refractivity contribution < 1.29 is 9.53 Å². The molecule has 0 radical (unpaired) electrons. The molecular formula is C19H25N3O2. The van der Waals surface area contributed by atoms with Gasteiger partial charge >= 0.3 is 0 Å². The van der Waals surface area contributed by atoms with Gasteiger partial charge in [-0.2, -0.15) is 5.26 Å². The number of nitriles is 1. The van der Waals surface area contributed by atoms with Crippen LogP contribution < -0.4 is 4.74 Å². The third-order valence-corrected chi connectivity index (χ3v) is 5.01. The van der Waals surface area contributed by atoms with E-state index in [2.05, 4.69) is 11.0 Å². The average molecular weight is 327 g/mol. The molecule has 128 valence electrons. The molecule has 24 heavy (non-hydrogen) atoms. The average Bonchev–Trinajstić information content (AvgIpc) is 3.17. The minimum Gasteiger partial charge on any atom is -0.492 e. The normalized spacial score (nSPS) is 19.2. The Labute approximate surface area is 143 Å². The second-order valence-electron chi connectivity index (χ2n) is 6.63. The monoisotopic (exact) mass is 327 g/mol. The maximum atomic E-state index is 12.4. The molecule has 5 heteroatoms. The highest BCUT2D eigenvalue weighted by molar-refractivity contribution is 5.79. The fourth-order valence-corrected chi connectivity index (χ4v) is 3.52. The number of carbonyl (C=O) groups is 1. The molecule has 2 heterocycles. The fourth-order valence-electron chi connectivity index (χ4n) is 3.52. The van der Waals surface area contributed by atoms with Crippen LogP contribution in [-0.4, -0.2) is 55.0 Å². The van der Waals surface area contributed by atoms with E-state index in [1.165, 1.54) is 0 Å². The van der Waals surface area contributed by atoms with Gasteiger partial charge in [0.25, 0.3) is 0 Å². The molecule has 0 N–H and O–H groups in total. The number of nitrogens with zero attached hydrogens (tertiary/aromatic N) is 3. The number of ether oxygens (including phenoxy) is 1. The number of hydrogen-bond acceptors (Lipinski definition) is 4. The lowest BCUT2D eigenvalue weighted by molar-refractivity contribution is -0.136. The van der Waals surface area contributed by atoms with Crippen LogP contribution in [-0.2, 0) is 4.79 Å². The summed E-state index contributed by atoms with van der Waals surface area (Å²) in [4.78, 5) is 16.8. The van der Waals surface area contributed by atoms with Crippen molar-refractivity contribution in [1.82, 2.24) is 9.80 Å². The Morgan fingerprint density at radius 1 is 1.12 bits per heavy atom. The Kier molecular flexibility index (Phi) is 5.71. The highest BCUT2D eigenvalue weighted by Gasteiger charge is 2.29. The predicted octanol–water partition coefficient (Wildman–Crippen LogP) is 2.27. The number of piperidine rings is 1. The molecule has 0 aliphatic carbocycles. The smallest absolute Gasteiger partial charge is 0.225 e. The molecule has 0 aromatic heterocycles. The van der Waals surface area contributed by atoms with Crippen LogP contribution >= 0.6 is 0 Å². The zero-order chi connectivity index (χ0) is 16.8. The number of rotatable bonds is 5. The third-order valence-electron chi connectivity index (χ3n) is 5.01. The van der Waals surface area contributed by atoms with Gasteiger partial charge in [0, 0.05) is 25.6 Å². The van der Waals surface area contributed by atoms with Gasteiger partial charge in [-0.3, -0.25) is 9.69 Å². The summed E-state index contributed by atoms with van der Waals surface area (Å²) >= 11 is 0. The van der Waals surface area contributed by atoms with Gasteiger partial charge in [0.2, 0.25) is 5.91 Å². The Morgan fingerprint density at radius 2 is 1.79 bits per heavy atom. The second kappa shape index (κ2) is 8.16. The van der Waals surface area contributed by atoms with E-state index >= 15 is 0 Å². The van der Waals surface area contributed by atoms with E-state index in [0.29, 0.717) is 18.1 Å². The first-order valence-electron chi connectivity index (χ1n) is 8.90. The molecule has 1 aromatic carbocycles. The van der Waals surface area contributed by atoms with Gasteiger partial charge in [0.1, 0.15) is 12.4 Å². The maximum absolute atomic E-state index is 12.4. The first kappa shape index (κ1) is 16.8. The molecule has 0 atom stereocenters. The summed E-state index contributed by atoms with van der Waals surface area (Å²) in [5.41, 5.74) is 0.645. The third kappa shape index (κ3) is 4.27. The molecule has 0 saturated carbocycles. The van der Waals surface area contributed by atoms with Crippen LogP contribution in [0.1, 0.15) is 31.2 Å². The summed E-state index contributed by atoms with van der Waals surface area (Å²) in [6, 6.07) is 9.30. The standard InChI is InChI=1S/C19H25N3O2/c20-15-16-3-5-18(6-4-16)24-14-13-21-11-7-17(8-12-21)19(23)22-9-1-2-10-22/h3-6,17H,1-2,7-14H2. The number of carbonyl (C=O) groups excluding carboxylic acids is 1. The molecule has 2 fully saturated rings. The fraction of sp³-hybridized carbons (Fsp3) is 0.579. The molecule has 2 saturated heterocycles. The molecule has 0 bridgehead atoms. The lowest BCUT2D eigenvalue weighted by atomic mass is 9.95. The van der Waals surface area contributed by atoms with E-state index in [1.54, 1.807) is 12.1 Å². The lowest BCUT2D eigenvalue weighted by Gasteiger charge is -2.33. The summed E-state index contributed by atoms with van der Waals surface area (Å²) in [7, 11) is 0. The summed E-state index contributed by atoms with van der Waals surface area (Å²) < 4.78 is 5.74. The minimum atomic E-state index is 0.221. The van der Waals surface area contributed by atoms with Crippen LogP contribution in [0.3, 0.4) is 0 Å². The lowest BCUT2D eigenvalue weighted by Crippen LogP contribution is -2.42. The van der Waals surface area contributed by atoms with Crippen LogP contribution in [0.25, 0.3) is 0 Å². The van der Waals surface area contributed by atoms with E-state index in [1.807, 2.05) is 17.0 Å². The molecule has 5 nitrogen and oxygen atoms in total. The molecule has 2 aliphatic rings. The second-order valence-corrected chi connectivity index (χ2v) is 6.63. The van der Waals surface area contributed by atoms with Crippen LogP contribution in [0.5, 0.6) is 5.75 Å². The molecule has 2 aliphatic heterocycles. The van der Waals surface area contributed by atoms with Crippen molar-refractivity contribution >= 4 is 5.91 Å². The summed E-state index contributed by atoms with van der Waals surface area (Å²) in [5.74, 6) is 1.40. The highest BCUT2D eigenvalue weighted by atomic mass is 16.5. The van der Waals surface area contributed by atoms with E-state index in [-0.39, 0.29) is 5.92 Å². The van der Waals surface area contributed by atoms with E-state index in [9.17, 15) is 4.79 Å². The number of likely N-dealkylation sites (tertiary alicyclic amines) is 2. The summed E-state index contributed by atoms with van der Waals surface area (Å²) in [6.45, 7) is 5.37. The number of hydrogen-bond donors (Lipinski definition) is 0. The first-order valence-corrected chi connectivity index (χ1v) is 8.90. The van der Waals surface area contributed by atoms with E-state index < -0.39 is 0 Å². The Morgan fingerprint density at radius 3 is 2.42 bits per heavy atom. The summed E-state index contributed by atoms with van der Waals surface area (Å²) in [5, 5.41) is 8.78. The van der Waals surface area contributed by atoms with Crippen molar-refractivity contribution in [3.05, 3.63) is 29.8 Å². The molecular weight excluding hydrogens is 302 g/mol. The van der Waals surface area contributed by atoms with Gasteiger partial charge in [-0.05, 0) is 63.0 Å². The van der Waals surface area contributed by atoms with Gasteiger partial charge in [0.05, 0.1) is 11.6 Å². The van der Waals surface area contributed by atoms with Crippen LogP contribution in [0.2, 0.25) is 0 Å². The molecule has 1 amide bonds.